The van der Waals surface area contributed by atoms with Crippen LogP contribution in [0.5, 0.6) is 69.0 Å². The maximum absolute atomic E-state index is 15.1. The van der Waals surface area contributed by atoms with Crippen LogP contribution >= 0.6 is 0 Å². The fraction of sp³-hybridized carbons (Fsp3) is 0.200. The molecular formula is C60H50N2O12. The summed E-state index contributed by atoms with van der Waals surface area (Å²) in [7, 11) is 6.28. The summed E-state index contributed by atoms with van der Waals surface area (Å²) in [5.41, 5.74) is 0.876. The van der Waals surface area contributed by atoms with E-state index in [1.807, 2.05) is 13.8 Å². The van der Waals surface area contributed by atoms with Gasteiger partial charge in [-0.1, -0.05) is 26.7 Å². The molecule has 372 valence electrons. The van der Waals surface area contributed by atoms with Gasteiger partial charge in [0.1, 0.15) is 69.0 Å². The van der Waals surface area contributed by atoms with E-state index in [9.17, 15) is 0 Å². The van der Waals surface area contributed by atoms with Crippen LogP contribution in [0.2, 0.25) is 0 Å². The standard InChI is InChI=1S/C60H50N2O12/c1-7-9-27-61-57(63)41-29-45(71-37-19-11-33(67-3)12-20-37)51-53-47(73-39-23-15-35(69-5)16-24-39)31-43-50-44(60(66)62(59(43)65)28-10-8-2)32-48(74-40-25-17-36(70-6)18-26-40)54(56(50)53)52-46(30-42(58(61)64)49(41)55(51)52)72-38-21-13-34(68-4)14-22-38/h11-26,29-32H,7-10,27-28H2,1-6H3. The van der Waals surface area contributed by atoms with E-state index in [1.165, 1.54) is 9.80 Å². The Balaban J connectivity index is 1.37. The molecule has 9 aromatic carbocycles. The molecule has 2 aliphatic rings. The van der Waals surface area contributed by atoms with Gasteiger partial charge in [0.15, 0.2) is 0 Å². The van der Waals surface area contributed by atoms with Crippen LogP contribution in [0.15, 0.2) is 121 Å². The van der Waals surface area contributed by atoms with E-state index in [4.69, 9.17) is 37.9 Å². The third kappa shape index (κ3) is 7.90. The first-order valence-corrected chi connectivity index (χ1v) is 24.4. The zero-order valence-electron chi connectivity index (χ0n) is 41.6. The van der Waals surface area contributed by atoms with Crippen molar-refractivity contribution in [3.63, 3.8) is 0 Å². The van der Waals surface area contributed by atoms with Gasteiger partial charge in [0.05, 0.1) is 50.7 Å². The average molecular weight is 991 g/mol. The first kappa shape index (κ1) is 47.3. The van der Waals surface area contributed by atoms with Gasteiger partial charge < -0.3 is 37.9 Å². The first-order valence-electron chi connectivity index (χ1n) is 24.4. The SMILES string of the molecule is CCCCN1C(=O)c2cc(Oc3ccc(OC)cc3)c3c4c(Oc5ccc(OC)cc5)cc5c6c(cc(Oc7ccc(OC)cc7)c(c7c(Oc8ccc(OC)cc8)cc(c2c37)C1=O)c64)C(=O)N(CCCC)C5=O. The molecule has 14 nitrogen and oxygen atoms in total. The summed E-state index contributed by atoms with van der Waals surface area (Å²) in [6.45, 7) is 4.34. The molecule has 9 aromatic rings. The van der Waals surface area contributed by atoms with Gasteiger partial charge in [-0.05, 0) is 134 Å². The van der Waals surface area contributed by atoms with E-state index < -0.39 is 23.6 Å². The van der Waals surface area contributed by atoms with Crippen molar-refractivity contribution in [2.75, 3.05) is 41.5 Å². The van der Waals surface area contributed by atoms with Crippen molar-refractivity contribution >= 4 is 66.7 Å². The summed E-state index contributed by atoms with van der Waals surface area (Å²) in [5, 5.41) is 3.15. The number of fused-ring (bicyclic) bond motifs is 2. The smallest absolute Gasteiger partial charge is 0.261 e. The number of hydrogen-bond donors (Lipinski definition) is 0. The van der Waals surface area contributed by atoms with Gasteiger partial charge in [-0.2, -0.15) is 0 Å². The molecule has 0 fully saturated rings. The molecule has 0 aromatic heterocycles. The highest BCUT2D eigenvalue weighted by molar-refractivity contribution is 6.44. The Labute approximate surface area is 425 Å². The van der Waals surface area contributed by atoms with Crippen molar-refractivity contribution in [3.8, 4) is 69.0 Å². The van der Waals surface area contributed by atoms with Gasteiger partial charge in [-0.25, -0.2) is 0 Å². The monoisotopic (exact) mass is 990 g/mol. The normalized spacial score (nSPS) is 13.1. The zero-order valence-corrected chi connectivity index (χ0v) is 41.6. The van der Waals surface area contributed by atoms with Crippen molar-refractivity contribution in [2.45, 2.75) is 39.5 Å². The number of hydrogen-bond acceptors (Lipinski definition) is 12. The summed E-state index contributed by atoms with van der Waals surface area (Å²) in [5.74, 6) is 2.82. The Hall–Kier alpha value is -9.04. The van der Waals surface area contributed by atoms with Gasteiger partial charge in [0.25, 0.3) is 23.6 Å². The first-order chi connectivity index (χ1) is 36.1. The lowest BCUT2D eigenvalue weighted by atomic mass is 9.80. The molecule has 74 heavy (non-hydrogen) atoms. The third-order valence-corrected chi connectivity index (χ3v) is 13.7. The van der Waals surface area contributed by atoms with Crippen molar-refractivity contribution < 1.29 is 57.1 Å². The number of methoxy groups -OCH3 is 4. The fourth-order valence-electron chi connectivity index (χ4n) is 10.1. The van der Waals surface area contributed by atoms with Crippen LogP contribution in [0.4, 0.5) is 0 Å². The average Bonchev–Trinajstić information content (AvgIpc) is 3.43. The summed E-state index contributed by atoms with van der Waals surface area (Å²) in [6.07, 6.45) is 2.61. The summed E-state index contributed by atoms with van der Waals surface area (Å²) >= 11 is 0. The number of rotatable bonds is 18. The molecule has 0 spiro atoms. The molecule has 0 aliphatic carbocycles. The number of carbonyl (C=O) groups excluding carboxylic acids is 4. The Morgan fingerprint density at radius 1 is 0.311 bits per heavy atom. The number of amides is 4. The molecule has 2 aliphatic heterocycles. The Kier molecular flexibility index (Phi) is 12.3. The van der Waals surface area contributed by atoms with Crippen LogP contribution in [0, 0.1) is 0 Å². The molecule has 0 bridgehead atoms. The van der Waals surface area contributed by atoms with Gasteiger partial charge in [-0.15, -0.1) is 0 Å². The van der Waals surface area contributed by atoms with Gasteiger partial charge in [0.2, 0.25) is 0 Å². The molecule has 0 unspecified atom stereocenters. The topological polar surface area (TPSA) is 149 Å². The molecule has 0 N–H and O–H groups in total. The highest BCUT2D eigenvalue weighted by atomic mass is 16.5. The second-order valence-electron chi connectivity index (χ2n) is 18.0. The third-order valence-electron chi connectivity index (χ3n) is 13.7. The minimum atomic E-state index is -0.499. The van der Waals surface area contributed by atoms with E-state index in [1.54, 1.807) is 150 Å². The lowest BCUT2D eigenvalue weighted by Gasteiger charge is -2.32. The number of nitrogens with zero attached hydrogens (tertiary/aromatic N) is 2. The lowest BCUT2D eigenvalue weighted by molar-refractivity contribution is 0.0593. The van der Waals surface area contributed by atoms with Gasteiger partial charge >= 0.3 is 0 Å². The van der Waals surface area contributed by atoms with E-state index in [0.29, 0.717) is 102 Å². The van der Waals surface area contributed by atoms with Crippen LogP contribution in [0.25, 0.3) is 43.1 Å². The quantitative estimate of drug-likeness (QED) is 0.0457. The van der Waals surface area contributed by atoms with Crippen LogP contribution in [0.1, 0.15) is 81.0 Å². The number of benzene rings is 9. The second-order valence-corrected chi connectivity index (χ2v) is 18.0. The molecule has 0 saturated carbocycles. The van der Waals surface area contributed by atoms with E-state index in [0.717, 1.165) is 12.8 Å². The molecule has 0 atom stereocenters. The molecule has 4 amide bonds. The van der Waals surface area contributed by atoms with E-state index in [2.05, 4.69) is 0 Å². The predicted molar refractivity (Wildman–Crippen MR) is 280 cm³/mol. The molecule has 2 heterocycles. The number of unbranched alkanes of at least 4 members (excludes halogenated alkanes) is 2. The second kappa shape index (κ2) is 19.2. The zero-order chi connectivity index (χ0) is 51.4. The van der Waals surface area contributed by atoms with E-state index >= 15 is 19.2 Å². The molecule has 0 radical (unpaired) electrons. The highest BCUT2D eigenvalue weighted by Crippen LogP contribution is 2.58. The van der Waals surface area contributed by atoms with Crippen molar-refractivity contribution in [1.82, 2.24) is 9.80 Å². The van der Waals surface area contributed by atoms with Crippen molar-refractivity contribution in [1.29, 1.82) is 0 Å². The van der Waals surface area contributed by atoms with E-state index in [-0.39, 0.29) is 58.3 Å². The maximum atomic E-state index is 15.1. The largest absolute Gasteiger partial charge is 0.497 e. The minimum Gasteiger partial charge on any atom is -0.497 e. The number of ether oxygens (including phenoxy) is 8. The summed E-state index contributed by atoms with van der Waals surface area (Å²) in [4.78, 5) is 62.9. The number of carbonyl (C=O) groups is 4. The predicted octanol–water partition coefficient (Wildman–Crippen LogP) is 13.7. The molecule has 0 saturated heterocycles. The van der Waals surface area contributed by atoms with Crippen molar-refractivity contribution in [3.05, 3.63) is 144 Å². The van der Waals surface area contributed by atoms with Crippen LogP contribution in [-0.4, -0.2) is 75.0 Å². The van der Waals surface area contributed by atoms with Crippen LogP contribution in [0.3, 0.4) is 0 Å². The Bertz CT molecular complexity index is 3230. The van der Waals surface area contributed by atoms with Crippen LogP contribution in [-0.2, 0) is 0 Å². The molecule has 14 heteroatoms. The Morgan fingerprint density at radius 2 is 0.527 bits per heavy atom. The minimum absolute atomic E-state index is 0.173. The molecular weight excluding hydrogens is 941 g/mol. The van der Waals surface area contributed by atoms with Crippen LogP contribution < -0.4 is 37.9 Å². The summed E-state index contributed by atoms with van der Waals surface area (Å²) in [6, 6.07) is 34.7. The maximum Gasteiger partial charge on any atom is 0.261 e. The lowest BCUT2D eigenvalue weighted by Crippen LogP contribution is -2.41. The van der Waals surface area contributed by atoms with Crippen molar-refractivity contribution in [2.24, 2.45) is 0 Å². The Morgan fingerprint density at radius 3 is 0.730 bits per heavy atom. The van der Waals surface area contributed by atoms with Gasteiger partial charge in [-0.3, -0.25) is 29.0 Å². The molecule has 11 rings (SSSR count). The van der Waals surface area contributed by atoms with Gasteiger partial charge in [0, 0.05) is 56.2 Å². The number of imide groups is 2. The highest BCUT2D eigenvalue weighted by Gasteiger charge is 2.41. The fourth-order valence-corrected chi connectivity index (χ4v) is 10.1. The summed E-state index contributed by atoms with van der Waals surface area (Å²) < 4.78 is 50.0.